The predicted octanol–water partition coefficient (Wildman–Crippen LogP) is 3.04. The van der Waals surface area contributed by atoms with Crippen LogP contribution in [0.25, 0.3) is 0 Å². The van der Waals surface area contributed by atoms with Gasteiger partial charge < -0.3 is 19.5 Å². The first-order valence-electron chi connectivity index (χ1n) is 10.1. The summed E-state index contributed by atoms with van der Waals surface area (Å²) in [4.78, 5) is 14.8. The normalized spacial score (nSPS) is 24.4. The molecular formula is C23H29NO4. The van der Waals surface area contributed by atoms with Crippen LogP contribution in [0.1, 0.15) is 49.7 Å². The van der Waals surface area contributed by atoms with E-state index in [1.807, 2.05) is 42.2 Å². The molecule has 2 heterocycles. The van der Waals surface area contributed by atoms with Crippen LogP contribution in [0.15, 0.2) is 36.1 Å². The number of nitrogens with zero attached hydrogens (tertiary/aromatic N) is 1. The number of aliphatic hydroxyl groups is 1. The number of ether oxygens (including phenoxy) is 2. The second kappa shape index (κ2) is 9.77. The third kappa shape index (κ3) is 4.57. The first kappa shape index (κ1) is 20.4. The largest absolute Gasteiger partial charge is 0.459 e. The molecule has 5 nitrogen and oxygen atoms in total. The minimum absolute atomic E-state index is 0.0129. The first-order chi connectivity index (χ1) is 13.7. The monoisotopic (exact) mass is 383 g/mol. The van der Waals surface area contributed by atoms with E-state index >= 15 is 0 Å². The molecule has 3 atom stereocenters. The summed E-state index contributed by atoms with van der Waals surface area (Å²) >= 11 is 0. The summed E-state index contributed by atoms with van der Waals surface area (Å²) in [7, 11) is 0. The molecule has 2 aliphatic rings. The summed E-state index contributed by atoms with van der Waals surface area (Å²) < 4.78 is 11.9. The molecule has 0 aromatic heterocycles. The number of aliphatic hydroxyl groups excluding tert-OH is 1. The van der Waals surface area contributed by atoms with E-state index in [0.29, 0.717) is 18.8 Å². The number of carbonyl (C=O) groups excluding carboxylic acids is 1. The topological polar surface area (TPSA) is 59.0 Å². The van der Waals surface area contributed by atoms with E-state index in [0.717, 1.165) is 43.5 Å². The van der Waals surface area contributed by atoms with Gasteiger partial charge in [0.05, 0.1) is 0 Å². The number of hydrogen-bond donors (Lipinski definition) is 1. The Labute approximate surface area is 167 Å². The number of rotatable bonds is 7. The van der Waals surface area contributed by atoms with Crippen molar-refractivity contribution < 1.29 is 19.4 Å². The highest BCUT2D eigenvalue weighted by Crippen LogP contribution is 2.40. The van der Waals surface area contributed by atoms with Crippen molar-refractivity contribution >= 4 is 5.91 Å². The molecule has 150 valence electrons. The minimum Gasteiger partial charge on any atom is -0.459 e. The molecule has 0 radical (unpaired) electrons. The van der Waals surface area contributed by atoms with Crippen molar-refractivity contribution in [1.82, 2.24) is 4.90 Å². The summed E-state index contributed by atoms with van der Waals surface area (Å²) in [5.74, 6) is 2.92. The van der Waals surface area contributed by atoms with Crippen LogP contribution in [0.4, 0.5) is 0 Å². The van der Waals surface area contributed by atoms with Gasteiger partial charge in [-0.1, -0.05) is 18.1 Å². The minimum atomic E-state index is -0.514. The zero-order valence-corrected chi connectivity index (χ0v) is 16.5. The van der Waals surface area contributed by atoms with Crippen LogP contribution in [-0.2, 0) is 14.3 Å². The molecule has 0 bridgehead atoms. The lowest BCUT2D eigenvalue weighted by molar-refractivity contribution is -0.170. The molecule has 0 aliphatic carbocycles. The Morgan fingerprint density at radius 3 is 2.64 bits per heavy atom. The zero-order chi connectivity index (χ0) is 19.9. The summed E-state index contributed by atoms with van der Waals surface area (Å²) in [5, 5.41) is 9.34. The van der Waals surface area contributed by atoms with Crippen molar-refractivity contribution in [3.05, 3.63) is 47.2 Å². The van der Waals surface area contributed by atoms with E-state index in [1.54, 1.807) is 0 Å². The molecular weight excluding hydrogens is 354 g/mol. The quantitative estimate of drug-likeness (QED) is 0.736. The second-order valence-corrected chi connectivity index (χ2v) is 7.29. The number of allylic oxidation sites excluding steroid dienone is 1. The van der Waals surface area contributed by atoms with Gasteiger partial charge in [-0.2, -0.15) is 0 Å². The van der Waals surface area contributed by atoms with Crippen molar-refractivity contribution in [2.24, 2.45) is 5.92 Å². The summed E-state index contributed by atoms with van der Waals surface area (Å²) in [6.07, 6.45) is 10.4. The van der Waals surface area contributed by atoms with Crippen LogP contribution in [-0.4, -0.2) is 48.5 Å². The van der Waals surface area contributed by atoms with Crippen LogP contribution in [0, 0.1) is 18.3 Å². The Bertz CT molecular complexity index is 728. The van der Waals surface area contributed by atoms with E-state index in [4.69, 9.17) is 15.9 Å². The number of benzene rings is 1. The Morgan fingerprint density at radius 1 is 1.32 bits per heavy atom. The van der Waals surface area contributed by atoms with Crippen molar-refractivity contribution in [2.45, 2.75) is 44.8 Å². The van der Waals surface area contributed by atoms with Gasteiger partial charge in [0.25, 0.3) is 5.91 Å². The summed E-state index contributed by atoms with van der Waals surface area (Å²) in [6.45, 7) is 4.07. The lowest BCUT2D eigenvalue weighted by atomic mass is 9.80. The molecule has 5 heteroatoms. The van der Waals surface area contributed by atoms with Crippen molar-refractivity contribution in [3.63, 3.8) is 0 Å². The molecule has 0 saturated carbocycles. The van der Waals surface area contributed by atoms with Crippen LogP contribution in [0.2, 0.25) is 0 Å². The van der Waals surface area contributed by atoms with E-state index in [9.17, 15) is 9.90 Å². The third-order valence-electron chi connectivity index (χ3n) is 5.48. The molecule has 1 fully saturated rings. The van der Waals surface area contributed by atoms with Gasteiger partial charge in [0.1, 0.15) is 0 Å². The number of likely N-dealkylation sites (tertiary alicyclic amines) is 1. The van der Waals surface area contributed by atoms with Gasteiger partial charge in [-0.15, -0.1) is 6.42 Å². The molecule has 0 spiro atoms. The number of hydrogen-bond acceptors (Lipinski definition) is 4. The molecule has 3 rings (SSSR count). The molecule has 1 saturated heterocycles. The summed E-state index contributed by atoms with van der Waals surface area (Å²) in [6, 6.07) is 7.85. The highest BCUT2D eigenvalue weighted by molar-refractivity contribution is 5.92. The second-order valence-electron chi connectivity index (χ2n) is 7.29. The Balaban J connectivity index is 1.94. The number of amides is 1. The van der Waals surface area contributed by atoms with Crippen LogP contribution in [0.5, 0.6) is 0 Å². The van der Waals surface area contributed by atoms with Gasteiger partial charge >= 0.3 is 0 Å². The van der Waals surface area contributed by atoms with Gasteiger partial charge in [-0.3, -0.25) is 4.79 Å². The fourth-order valence-electron chi connectivity index (χ4n) is 4.02. The van der Waals surface area contributed by atoms with E-state index in [-0.39, 0.29) is 24.3 Å². The Morgan fingerprint density at radius 2 is 2.04 bits per heavy atom. The average Bonchev–Trinajstić information content (AvgIpc) is 3.27. The molecule has 1 amide bonds. The third-order valence-corrected chi connectivity index (χ3v) is 5.48. The maximum atomic E-state index is 13.0. The Kier molecular flexibility index (Phi) is 7.13. The van der Waals surface area contributed by atoms with Crippen LogP contribution >= 0.6 is 0 Å². The predicted molar refractivity (Wildman–Crippen MR) is 107 cm³/mol. The molecule has 1 N–H and O–H groups in total. The number of carbonyl (C=O) groups is 1. The molecule has 28 heavy (non-hydrogen) atoms. The van der Waals surface area contributed by atoms with Crippen molar-refractivity contribution in [2.75, 3.05) is 26.3 Å². The summed E-state index contributed by atoms with van der Waals surface area (Å²) in [5.41, 5.74) is 1.89. The van der Waals surface area contributed by atoms with Gasteiger partial charge in [0.2, 0.25) is 6.29 Å². The zero-order valence-electron chi connectivity index (χ0n) is 16.5. The van der Waals surface area contributed by atoms with Gasteiger partial charge in [0, 0.05) is 43.7 Å². The Hall–Kier alpha value is -2.29. The maximum Gasteiger partial charge on any atom is 0.288 e. The van der Waals surface area contributed by atoms with Gasteiger partial charge in [-0.05, 0) is 56.4 Å². The highest BCUT2D eigenvalue weighted by atomic mass is 16.7. The smallest absolute Gasteiger partial charge is 0.288 e. The van der Waals surface area contributed by atoms with Crippen LogP contribution in [0.3, 0.4) is 0 Å². The molecule has 2 aliphatic heterocycles. The van der Waals surface area contributed by atoms with Crippen molar-refractivity contribution in [3.8, 4) is 12.3 Å². The average molecular weight is 383 g/mol. The van der Waals surface area contributed by atoms with Gasteiger partial charge in [-0.25, -0.2) is 0 Å². The maximum absolute atomic E-state index is 13.0. The fourth-order valence-corrected chi connectivity index (χ4v) is 4.02. The van der Waals surface area contributed by atoms with Crippen LogP contribution < -0.4 is 0 Å². The van der Waals surface area contributed by atoms with Crippen molar-refractivity contribution in [1.29, 1.82) is 0 Å². The molecule has 0 unspecified atom stereocenters. The van der Waals surface area contributed by atoms with Gasteiger partial charge in [0.15, 0.2) is 5.76 Å². The number of terminal acetylenes is 1. The standard InChI is InChI=1S/C23H29NO4/c1-3-17-9-11-18(12-10-17)20-16-21(22(26)24-13-5-6-14-24)28-23(27-4-2)19(20)8-7-15-25/h1,9-12,16,19-20,23,25H,4-8,13-15H2,2H3/t19-,20+,23+/m1/s1. The SMILES string of the molecule is C#Cc1ccc([C@@H]2C=C(C(=O)N3CCCC3)O[C@H](OCC)[C@@H]2CCCO)cc1. The highest BCUT2D eigenvalue weighted by Gasteiger charge is 2.39. The van der Waals surface area contributed by atoms with E-state index in [1.165, 1.54) is 0 Å². The molecule has 1 aromatic carbocycles. The first-order valence-corrected chi connectivity index (χ1v) is 10.1. The fraction of sp³-hybridized carbons (Fsp3) is 0.522. The lowest BCUT2D eigenvalue weighted by Crippen LogP contribution is -2.39. The van der Waals surface area contributed by atoms with E-state index in [2.05, 4.69) is 5.92 Å². The molecule has 1 aromatic rings. The van der Waals surface area contributed by atoms with E-state index < -0.39 is 6.29 Å². The lowest BCUT2D eigenvalue weighted by Gasteiger charge is -2.37.